The Bertz CT molecular complexity index is 485. The van der Waals surface area contributed by atoms with Crippen LogP contribution in [0, 0.1) is 0 Å². The summed E-state index contributed by atoms with van der Waals surface area (Å²) in [5.41, 5.74) is 0.239. The van der Waals surface area contributed by atoms with Crippen molar-refractivity contribution in [1.82, 2.24) is 0 Å². The van der Waals surface area contributed by atoms with Gasteiger partial charge in [0.1, 0.15) is 6.10 Å². The first-order chi connectivity index (χ1) is 7.16. The van der Waals surface area contributed by atoms with Crippen molar-refractivity contribution in [1.29, 1.82) is 0 Å². The number of rotatable bonds is 3. The van der Waals surface area contributed by atoms with Gasteiger partial charge in [-0.05, 0) is 17.7 Å². The molecule has 1 aromatic rings. The number of aliphatic hydroxyl groups is 1. The molecule has 0 radical (unpaired) electrons. The lowest BCUT2D eigenvalue weighted by molar-refractivity contribution is 0.181. The summed E-state index contributed by atoms with van der Waals surface area (Å²) in [6, 6.07) is 6.04. The van der Waals surface area contributed by atoms with Crippen molar-refractivity contribution < 1.29 is 13.5 Å². The van der Waals surface area contributed by atoms with Crippen LogP contribution in [0.15, 0.2) is 24.3 Å². The highest BCUT2D eigenvalue weighted by Gasteiger charge is 2.44. The number of alkyl halides is 2. The van der Waals surface area contributed by atoms with Crippen LogP contribution in [0.3, 0.4) is 0 Å². The fraction of sp³-hybridized carbons (Fsp3) is 0.333. The highest BCUT2D eigenvalue weighted by molar-refractivity contribution is 7.94. The molecule has 1 N–H and O–H groups in total. The van der Waals surface area contributed by atoms with Gasteiger partial charge in [0.2, 0.25) is 3.67 Å². The molecule has 16 heavy (non-hydrogen) atoms. The molecular formula is C9H9Cl3O3S. The number of hydrogen-bond donors (Lipinski definition) is 1. The molecule has 0 amide bonds. The zero-order valence-corrected chi connectivity index (χ0v) is 11.3. The van der Waals surface area contributed by atoms with Crippen LogP contribution in [0.4, 0.5) is 0 Å². The molecule has 0 aromatic heterocycles. The molecule has 0 spiro atoms. The highest BCUT2D eigenvalue weighted by atomic mass is 35.5. The van der Waals surface area contributed by atoms with Gasteiger partial charge >= 0.3 is 0 Å². The summed E-state index contributed by atoms with van der Waals surface area (Å²) in [5.74, 6) is 0. The van der Waals surface area contributed by atoms with Gasteiger partial charge in [-0.25, -0.2) is 8.42 Å². The smallest absolute Gasteiger partial charge is 0.247 e. The Morgan fingerprint density at radius 3 is 2.38 bits per heavy atom. The Hall–Kier alpha value is -0.000000000000000111. The number of halogens is 3. The molecule has 0 aliphatic carbocycles. The van der Waals surface area contributed by atoms with Crippen LogP contribution < -0.4 is 0 Å². The molecule has 1 aromatic carbocycles. The summed E-state index contributed by atoms with van der Waals surface area (Å²) in [6.07, 6.45) is -0.717. The largest absolute Gasteiger partial charge is 0.384 e. The lowest BCUT2D eigenvalue weighted by atomic mass is 10.1. The van der Waals surface area contributed by atoms with E-state index in [1.54, 1.807) is 12.1 Å². The molecule has 0 saturated carbocycles. The molecule has 1 atom stereocenters. The lowest BCUT2D eigenvalue weighted by Crippen LogP contribution is -2.32. The van der Waals surface area contributed by atoms with E-state index in [0.717, 1.165) is 6.26 Å². The fourth-order valence-electron chi connectivity index (χ4n) is 1.07. The SMILES string of the molecule is CS(=O)(=O)C(Cl)(Cl)C(O)c1cccc(Cl)c1. The average molecular weight is 304 g/mol. The summed E-state index contributed by atoms with van der Waals surface area (Å²) in [6.45, 7) is 0. The van der Waals surface area contributed by atoms with Crippen molar-refractivity contribution in [2.24, 2.45) is 0 Å². The molecule has 1 rings (SSSR count). The molecule has 7 heteroatoms. The molecule has 0 aliphatic rings. The van der Waals surface area contributed by atoms with Crippen LogP contribution >= 0.6 is 34.8 Å². The van der Waals surface area contributed by atoms with Gasteiger partial charge in [-0.2, -0.15) is 0 Å². The molecule has 0 saturated heterocycles. The van der Waals surface area contributed by atoms with Crippen molar-refractivity contribution in [2.75, 3.05) is 6.26 Å². The Morgan fingerprint density at radius 1 is 1.38 bits per heavy atom. The van der Waals surface area contributed by atoms with Gasteiger partial charge in [0, 0.05) is 11.3 Å². The van der Waals surface area contributed by atoms with Gasteiger partial charge in [-0.15, -0.1) is 0 Å². The Balaban J connectivity index is 3.17. The molecule has 0 heterocycles. The third kappa shape index (κ3) is 2.81. The van der Waals surface area contributed by atoms with E-state index in [1.807, 2.05) is 0 Å². The number of sulfone groups is 1. The molecular weight excluding hydrogens is 295 g/mol. The van der Waals surface area contributed by atoms with E-state index < -0.39 is 19.6 Å². The summed E-state index contributed by atoms with van der Waals surface area (Å²) in [7, 11) is -3.82. The van der Waals surface area contributed by atoms with Gasteiger partial charge in [-0.1, -0.05) is 46.9 Å². The highest BCUT2D eigenvalue weighted by Crippen LogP contribution is 2.40. The third-order valence-corrected chi connectivity index (χ3v) is 5.52. The van der Waals surface area contributed by atoms with Crippen LogP contribution in [-0.4, -0.2) is 23.4 Å². The second-order valence-corrected chi connectivity index (χ2v) is 7.75. The van der Waals surface area contributed by atoms with E-state index in [0.29, 0.717) is 5.02 Å². The second-order valence-electron chi connectivity index (χ2n) is 3.29. The Morgan fingerprint density at radius 2 is 1.94 bits per heavy atom. The molecule has 0 aliphatic heterocycles. The van der Waals surface area contributed by atoms with Gasteiger partial charge in [0.15, 0.2) is 9.84 Å². The number of hydrogen-bond acceptors (Lipinski definition) is 3. The van der Waals surface area contributed by atoms with E-state index >= 15 is 0 Å². The zero-order valence-electron chi connectivity index (χ0n) is 8.19. The minimum atomic E-state index is -3.82. The normalized spacial score (nSPS) is 14.8. The van der Waals surface area contributed by atoms with Gasteiger partial charge in [0.05, 0.1) is 0 Å². The topological polar surface area (TPSA) is 54.4 Å². The second kappa shape index (κ2) is 4.70. The fourth-order valence-corrected chi connectivity index (χ4v) is 2.07. The van der Waals surface area contributed by atoms with Crippen LogP contribution in [-0.2, 0) is 9.84 Å². The van der Waals surface area contributed by atoms with Crippen molar-refractivity contribution in [3.05, 3.63) is 34.9 Å². The number of benzene rings is 1. The predicted octanol–water partition coefficient (Wildman–Crippen LogP) is 2.55. The Kier molecular flexibility index (Phi) is 4.13. The molecule has 3 nitrogen and oxygen atoms in total. The van der Waals surface area contributed by atoms with Crippen LogP contribution in [0.1, 0.15) is 11.7 Å². The van der Waals surface area contributed by atoms with Crippen molar-refractivity contribution in [3.63, 3.8) is 0 Å². The maximum Gasteiger partial charge on any atom is 0.247 e. The first-order valence-electron chi connectivity index (χ1n) is 4.17. The maximum atomic E-state index is 11.3. The summed E-state index contributed by atoms with van der Waals surface area (Å²) >= 11 is 17.0. The number of aliphatic hydroxyl groups excluding tert-OH is 1. The summed E-state index contributed by atoms with van der Waals surface area (Å²) < 4.78 is 20.3. The molecule has 0 bridgehead atoms. The van der Waals surface area contributed by atoms with Crippen LogP contribution in [0.5, 0.6) is 0 Å². The monoisotopic (exact) mass is 302 g/mol. The van der Waals surface area contributed by atoms with E-state index in [1.165, 1.54) is 12.1 Å². The van der Waals surface area contributed by atoms with E-state index in [9.17, 15) is 13.5 Å². The molecule has 90 valence electrons. The van der Waals surface area contributed by atoms with E-state index in [2.05, 4.69) is 0 Å². The summed E-state index contributed by atoms with van der Waals surface area (Å²) in [4.78, 5) is 0. The van der Waals surface area contributed by atoms with Crippen LogP contribution in [0.25, 0.3) is 0 Å². The standard InChI is InChI=1S/C9H9Cl3O3S/c1-16(14,15)9(11,12)8(13)6-3-2-4-7(10)5-6/h2-5,8,13H,1H3. The lowest BCUT2D eigenvalue weighted by Gasteiger charge is -2.24. The Labute approximate surface area is 109 Å². The predicted molar refractivity (Wildman–Crippen MR) is 65.7 cm³/mol. The van der Waals surface area contributed by atoms with Crippen molar-refractivity contribution in [2.45, 2.75) is 9.77 Å². The minimum absolute atomic E-state index is 0.239. The average Bonchev–Trinajstić information content (AvgIpc) is 2.14. The molecule has 1 unspecified atom stereocenters. The quantitative estimate of drug-likeness (QED) is 0.873. The zero-order chi connectivity index (χ0) is 12.6. The van der Waals surface area contributed by atoms with Gasteiger partial charge < -0.3 is 5.11 Å². The van der Waals surface area contributed by atoms with E-state index in [-0.39, 0.29) is 5.56 Å². The van der Waals surface area contributed by atoms with Crippen molar-refractivity contribution in [3.8, 4) is 0 Å². The minimum Gasteiger partial charge on any atom is -0.384 e. The first-order valence-corrected chi connectivity index (χ1v) is 7.19. The first kappa shape index (κ1) is 14.1. The molecule has 0 fully saturated rings. The van der Waals surface area contributed by atoms with Gasteiger partial charge in [0.25, 0.3) is 0 Å². The van der Waals surface area contributed by atoms with Crippen molar-refractivity contribution >= 4 is 44.6 Å². The summed E-state index contributed by atoms with van der Waals surface area (Å²) in [5, 5.41) is 10.2. The van der Waals surface area contributed by atoms with Gasteiger partial charge in [-0.3, -0.25) is 0 Å². The maximum absolute atomic E-state index is 11.3. The van der Waals surface area contributed by atoms with Crippen LogP contribution in [0.2, 0.25) is 5.02 Å². The van der Waals surface area contributed by atoms with E-state index in [4.69, 9.17) is 34.8 Å². The third-order valence-electron chi connectivity index (χ3n) is 1.98.